The number of rotatable bonds is 6. The number of hydrogen-bond donors (Lipinski definition) is 2. The van der Waals surface area contributed by atoms with Gasteiger partial charge in [0.05, 0.1) is 37.4 Å². The molecule has 1 aliphatic heterocycles. The van der Waals surface area contributed by atoms with Crippen LogP contribution in [0.15, 0.2) is 63.4 Å². The maximum Gasteiger partial charge on any atom is 0.254 e. The summed E-state index contributed by atoms with van der Waals surface area (Å²) in [5.41, 5.74) is 3.83. The fourth-order valence-electron chi connectivity index (χ4n) is 4.64. The average Bonchev–Trinajstić information content (AvgIpc) is 2.83. The van der Waals surface area contributed by atoms with E-state index < -0.39 is 5.92 Å². The summed E-state index contributed by atoms with van der Waals surface area (Å²) in [4.78, 5) is 27.0. The summed E-state index contributed by atoms with van der Waals surface area (Å²) < 4.78 is 17.4. The Morgan fingerprint density at radius 3 is 2.44 bits per heavy atom. The number of nitrogens with one attached hydrogen (secondary N) is 2. The van der Waals surface area contributed by atoms with E-state index in [1.165, 1.54) is 0 Å². The van der Waals surface area contributed by atoms with E-state index in [-0.39, 0.29) is 11.7 Å². The van der Waals surface area contributed by atoms with Gasteiger partial charge in [-0.05, 0) is 60.0 Å². The van der Waals surface area contributed by atoms with Crippen LogP contribution < -0.4 is 24.8 Å². The topological polar surface area (TPSA) is 85.9 Å². The van der Waals surface area contributed by atoms with Gasteiger partial charge in [-0.3, -0.25) is 9.59 Å². The molecule has 0 saturated heterocycles. The Balaban J connectivity index is 1.88. The minimum atomic E-state index is -0.615. The lowest BCUT2D eigenvalue weighted by Gasteiger charge is -2.35. The third-order valence-electron chi connectivity index (χ3n) is 6.19. The van der Waals surface area contributed by atoms with Crippen LogP contribution >= 0.6 is 15.9 Å². The monoisotopic (exact) mass is 526 g/mol. The zero-order chi connectivity index (χ0) is 24.4. The Bertz CT molecular complexity index is 1220. The molecule has 0 aromatic heterocycles. The Labute approximate surface area is 207 Å². The lowest BCUT2D eigenvalue weighted by molar-refractivity contribution is -0.116. The van der Waals surface area contributed by atoms with Crippen LogP contribution in [0, 0.1) is 0 Å². The molecule has 0 unspecified atom stereocenters. The van der Waals surface area contributed by atoms with Crippen molar-refractivity contribution in [3.63, 3.8) is 0 Å². The first kappa shape index (κ1) is 23.9. The van der Waals surface area contributed by atoms with Gasteiger partial charge in [-0.15, -0.1) is 0 Å². The van der Waals surface area contributed by atoms with Gasteiger partial charge in [0.25, 0.3) is 5.91 Å². The number of benzene rings is 2. The first-order chi connectivity index (χ1) is 16.4. The maximum atomic E-state index is 13.8. The number of carbonyl (C=O) groups excluding carboxylic acids is 2. The van der Waals surface area contributed by atoms with Crippen molar-refractivity contribution in [3.8, 4) is 17.2 Å². The molecule has 2 aromatic rings. The predicted octanol–water partition coefficient (Wildman–Crippen LogP) is 5.08. The number of halogens is 1. The zero-order valence-electron chi connectivity index (χ0n) is 19.6. The van der Waals surface area contributed by atoms with E-state index in [4.69, 9.17) is 14.2 Å². The molecule has 2 aromatic carbocycles. The quantitative estimate of drug-likeness (QED) is 0.545. The molecule has 0 saturated carbocycles. The number of hydrogen-bond acceptors (Lipinski definition) is 6. The molecule has 0 bridgehead atoms. The van der Waals surface area contributed by atoms with E-state index in [2.05, 4.69) is 26.6 Å². The summed E-state index contributed by atoms with van der Waals surface area (Å²) in [5, 5.41) is 6.31. The highest BCUT2D eigenvalue weighted by atomic mass is 79.9. The molecule has 1 aliphatic carbocycles. The van der Waals surface area contributed by atoms with Crippen molar-refractivity contribution < 1.29 is 23.8 Å². The summed E-state index contributed by atoms with van der Waals surface area (Å²) in [7, 11) is 4.70. The number of amides is 1. The molecule has 8 heteroatoms. The van der Waals surface area contributed by atoms with Gasteiger partial charge in [0.15, 0.2) is 5.78 Å². The fourth-order valence-corrected chi connectivity index (χ4v) is 5.13. The summed E-state index contributed by atoms with van der Waals surface area (Å²) in [6.07, 6.45) is 1.95. The normalized spacial score (nSPS) is 17.7. The lowest BCUT2D eigenvalue weighted by atomic mass is 9.74. The van der Waals surface area contributed by atoms with Gasteiger partial charge in [0.1, 0.15) is 17.2 Å². The van der Waals surface area contributed by atoms with E-state index in [0.717, 1.165) is 23.0 Å². The Morgan fingerprint density at radius 1 is 1.03 bits per heavy atom. The van der Waals surface area contributed by atoms with Crippen molar-refractivity contribution in [2.45, 2.75) is 32.1 Å². The molecular weight excluding hydrogens is 500 g/mol. The Kier molecular flexibility index (Phi) is 6.97. The maximum absolute atomic E-state index is 13.8. The number of dihydropyridines is 1. The molecule has 0 fully saturated rings. The molecule has 1 heterocycles. The second kappa shape index (κ2) is 9.93. The molecule has 0 radical (unpaired) electrons. The Hall–Kier alpha value is -3.26. The highest BCUT2D eigenvalue weighted by molar-refractivity contribution is 9.10. The van der Waals surface area contributed by atoms with Crippen LogP contribution in [-0.2, 0) is 9.59 Å². The van der Waals surface area contributed by atoms with Crippen LogP contribution in [0.25, 0.3) is 0 Å². The van der Waals surface area contributed by atoms with Gasteiger partial charge < -0.3 is 24.8 Å². The highest BCUT2D eigenvalue weighted by Crippen LogP contribution is 2.47. The minimum absolute atomic E-state index is 0.0257. The van der Waals surface area contributed by atoms with Gasteiger partial charge in [-0.2, -0.15) is 0 Å². The number of methoxy groups -OCH3 is 3. The van der Waals surface area contributed by atoms with Crippen molar-refractivity contribution in [2.75, 3.05) is 26.6 Å². The number of ketones is 1. The average molecular weight is 527 g/mol. The smallest absolute Gasteiger partial charge is 0.254 e. The molecule has 2 N–H and O–H groups in total. The van der Waals surface area contributed by atoms with Crippen molar-refractivity contribution in [3.05, 3.63) is 69.0 Å². The van der Waals surface area contributed by atoms with Crippen LogP contribution in [0.4, 0.5) is 5.69 Å². The number of anilines is 1. The Morgan fingerprint density at radius 2 is 1.74 bits per heavy atom. The standard InChI is InChI=1S/C26H27BrN2O5/c1-14-23(26(31)29-17-8-5-6-11-20(17)32-2)24(25-18(28-14)9-7-10-19(25)30)15-12-22(34-4)16(27)13-21(15)33-3/h5-6,8,11-13,24,28H,7,9-10H2,1-4H3,(H,29,31)/t24-/m1/s1. The predicted molar refractivity (Wildman–Crippen MR) is 133 cm³/mol. The van der Waals surface area contributed by atoms with Crippen LogP contribution in [-0.4, -0.2) is 33.0 Å². The van der Waals surface area contributed by atoms with Crippen molar-refractivity contribution in [2.24, 2.45) is 0 Å². The number of allylic oxidation sites excluding steroid dienone is 3. The first-order valence-electron chi connectivity index (χ1n) is 11.0. The fraction of sp³-hybridized carbons (Fsp3) is 0.308. The molecule has 178 valence electrons. The third-order valence-corrected chi connectivity index (χ3v) is 6.81. The van der Waals surface area contributed by atoms with Crippen molar-refractivity contribution in [1.29, 1.82) is 0 Å². The van der Waals surface area contributed by atoms with E-state index in [9.17, 15) is 9.59 Å². The van der Waals surface area contributed by atoms with Gasteiger partial charge >= 0.3 is 0 Å². The van der Waals surface area contributed by atoms with E-state index in [0.29, 0.717) is 51.8 Å². The summed E-state index contributed by atoms with van der Waals surface area (Å²) in [5.74, 6) is 0.773. The van der Waals surface area contributed by atoms with E-state index >= 15 is 0 Å². The third kappa shape index (κ3) is 4.30. The molecule has 1 atom stereocenters. The molecular formula is C26H27BrN2O5. The molecule has 7 nitrogen and oxygen atoms in total. The van der Waals surface area contributed by atoms with Gasteiger partial charge in [-0.25, -0.2) is 0 Å². The molecule has 1 amide bonds. The molecule has 0 spiro atoms. The highest BCUT2D eigenvalue weighted by Gasteiger charge is 2.40. The van der Waals surface area contributed by atoms with Crippen molar-refractivity contribution in [1.82, 2.24) is 5.32 Å². The van der Waals surface area contributed by atoms with Crippen LogP contribution in [0.5, 0.6) is 17.2 Å². The van der Waals surface area contributed by atoms with E-state index in [1.807, 2.05) is 25.1 Å². The van der Waals surface area contributed by atoms with Gasteiger partial charge in [-0.1, -0.05) is 12.1 Å². The molecule has 4 rings (SSSR count). The number of carbonyl (C=O) groups is 2. The number of ether oxygens (including phenoxy) is 3. The van der Waals surface area contributed by atoms with Crippen LogP contribution in [0.3, 0.4) is 0 Å². The summed E-state index contributed by atoms with van der Waals surface area (Å²) in [6.45, 7) is 1.86. The summed E-state index contributed by atoms with van der Waals surface area (Å²) in [6, 6.07) is 10.8. The first-order valence-corrected chi connectivity index (χ1v) is 11.8. The number of para-hydroxylation sites is 2. The second-order valence-corrected chi connectivity index (χ2v) is 9.00. The van der Waals surface area contributed by atoms with E-state index in [1.54, 1.807) is 39.5 Å². The second-order valence-electron chi connectivity index (χ2n) is 8.15. The molecule has 2 aliphatic rings. The zero-order valence-corrected chi connectivity index (χ0v) is 21.2. The van der Waals surface area contributed by atoms with Crippen molar-refractivity contribution >= 4 is 33.3 Å². The largest absolute Gasteiger partial charge is 0.496 e. The number of Topliss-reactive ketones (excluding diaryl/α,β-unsaturated/α-hetero) is 1. The summed E-state index contributed by atoms with van der Waals surface area (Å²) >= 11 is 3.50. The SMILES string of the molecule is COc1cc([C@@H]2C(C(=O)Nc3ccccc3OC)=C(C)NC3=C2C(=O)CCC3)c(OC)cc1Br. The molecule has 34 heavy (non-hydrogen) atoms. The van der Waals surface area contributed by atoms with Crippen LogP contribution in [0.2, 0.25) is 0 Å². The van der Waals surface area contributed by atoms with Gasteiger partial charge in [0, 0.05) is 34.5 Å². The van der Waals surface area contributed by atoms with Gasteiger partial charge in [0.2, 0.25) is 0 Å². The van der Waals surface area contributed by atoms with Crippen LogP contribution in [0.1, 0.15) is 37.7 Å². The minimum Gasteiger partial charge on any atom is -0.496 e. The lowest BCUT2D eigenvalue weighted by Crippen LogP contribution is -2.35.